The third kappa shape index (κ3) is 4.53. The molecule has 0 spiro atoms. The number of halogens is 2. The summed E-state index contributed by atoms with van der Waals surface area (Å²) < 4.78 is 31.7. The van der Waals surface area contributed by atoms with Crippen LogP contribution in [-0.2, 0) is 13.0 Å². The fraction of sp³-hybridized carbons (Fsp3) is 0.294. The highest BCUT2D eigenvalue weighted by Crippen LogP contribution is 2.13. The number of hydrogen-bond donors (Lipinski definition) is 1. The van der Waals surface area contributed by atoms with Crippen molar-refractivity contribution in [1.82, 2.24) is 5.32 Å². The Bertz CT molecular complexity index is 584. The second-order valence-corrected chi connectivity index (χ2v) is 5.07. The zero-order valence-corrected chi connectivity index (χ0v) is 12.2. The smallest absolute Gasteiger partial charge is 0.127 e. The van der Waals surface area contributed by atoms with E-state index in [9.17, 15) is 8.78 Å². The van der Waals surface area contributed by atoms with Crippen LogP contribution in [-0.4, -0.2) is 13.2 Å². The van der Waals surface area contributed by atoms with Crippen LogP contribution in [0.4, 0.5) is 8.78 Å². The van der Waals surface area contributed by atoms with Crippen molar-refractivity contribution in [3.8, 4) is 5.75 Å². The van der Waals surface area contributed by atoms with Gasteiger partial charge >= 0.3 is 0 Å². The minimum Gasteiger partial charge on any atom is -0.497 e. The van der Waals surface area contributed by atoms with Crippen molar-refractivity contribution in [3.05, 3.63) is 65.2 Å². The zero-order chi connectivity index (χ0) is 15.2. The van der Waals surface area contributed by atoms with Gasteiger partial charge in [-0.2, -0.15) is 0 Å². The number of nitrogens with one attached hydrogen (secondary N) is 1. The van der Waals surface area contributed by atoms with Crippen LogP contribution in [0.3, 0.4) is 0 Å². The topological polar surface area (TPSA) is 21.3 Å². The molecule has 1 N–H and O–H groups in total. The Hall–Kier alpha value is -1.94. The van der Waals surface area contributed by atoms with E-state index in [2.05, 4.69) is 5.32 Å². The monoisotopic (exact) mass is 291 g/mol. The summed E-state index contributed by atoms with van der Waals surface area (Å²) in [5.41, 5.74) is 1.51. The largest absolute Gasteiger partial charge is 0.497 e. The van der Waals surface area contributed by atoms with E-state index in [1.165, 1.54) is 6.07 Å². The van der Waals surface area contributed by atoms with Crippen LogP contribution in [0.25, 0.3) is 0 Å². The number of methoxy groups -OCH3 is 1. The second kappa shape index (κ2) is 7.18. The lowest BCUT2D eigenvalue weighted by Gasteiger charge is -2.14. The Balaban J connectivity index is 1.89. The van der Waals surface area contributed by atoms with Crippen molar-refractivity contribution in [2.75, 3.05) is 7.11 Å². The van der Waals surface area contributed by atoms with Gasteiger partial charge < -0.3 is 10.1 Å². The van der Waals surface area contributed by atoms with Crippen LogP contribution in [0.15, 0.2) is 42.5 Å². The molecule has 2 rings (SSSR count). The number of ether oxygens (including phenoxy) is 1. The van der Waals surface area contributed by atoms with Gasteiger partial charge in [0, 0.05) is 18.2 Å². The van der Waals surface area contributed by atoms with Crippen molar-refractivity contribution >= 4 is 0 Å². The minimum absolute atomic E-state index is 0.154. The van der Waals surface area contributed by atoms with E-state index in [0.717, 1.165) is 29.9 Å². The molecule has 0 aliphatic carbocycles. The molecule has 2 nitrogen and oxygen atoms in total. The molecule has 0 fully saturated rings. The molecule has 0 bridgehead atoms. The van der Waals surface area contributed by atoms with Gasteiger partial charge in [-0.3, -0.25) is 0 Å². The van der Waals surface area contributed by atoms with Gasteiger partial charge in [0.2, 0.25) is 0 Å². The summed E-state index contributed by atoms with van der Waals surface area (Å²) in [5, 5.41) is 3.21. The van der Waals surface area contributed by atoms with Crippen LogP contribution in [0, 0.1) is 11.6 Å². The fourth-order valence-corrected chi connectivity index (χ4v) is 2.15. The lowest BCUT2D eigenvalue weighted by molar-refractivity contribution is 0.414. The molecule has 2 aromatic carbocycles. The van der Waals surface area contributed by atoms with Crippen LogP contribution in [0.1, 0.15) is 18.1 Å². The molecule has 4 heteroatoms. The van der Waals surface area contributed by atoms with Crippen LogP contribution in [0.2, 0.25) is 0 Å². The normalized spacial score (nSPS) is 12.2. The van der Waals surface area contributed by atoms with Crippen molar-refractivity contribution < 1.29 is 13.5 Å². The Labute approximate surface area is 123 Å². The molecular weight excluding hydrogens is 272 g/mol. The number of benzene rings is 2. The molecule has 21 heavy (non-hydrogen) atoms. The molecule has 0 radical (unpaired) electrons. The van der Waals surface area contributed by atoms with Gasteiger partial charge in [-0.05, 0) is 49.2 Å². The summed E-state index contributed by atoms with van der Waals surface area (Å²) in [7, 11) is 1.63. The molecule has 0 aliphatic rings. The molecule has 112 valence electrons. The predicted octanol–water partition coefficient (Wildman–Crippen LogP) is 3.69. The SMILES string of the molecule is COc1ccc(CC(C)NCc2cc(F)ccc2F)cc1. The Morgan fingerprint density at radius 1 is 1.10 bits per heavy atom. The van der Waals surface area contributed by atoms with Crippen LogP contribution >= 0.6 is 0 Å². The van der Waals surface area contributed by atoms with E-state index in [-0.39, 0.29) is 11.9 Å². The third-order valence-corrected chi connectivity index (χ3v) is 3.35. The third-order valence-electron chi connectivity index (χ3n) is 3.35. The summed E-state index contributed by atoms with van der Waals surface area (Å²) in [6, 6.07) is 11.5. The highest BCUT2D eigenvalue weighted by molar-refractivity contribution is 5.27. The average Bonchev–Trinajstić information content (AvgIpc) is 2.49. The van der Waals surface area contributed by atoms with Gasteiger partial charge in [-0.15, -0.1) is 0 Å². The molecule has 2 aromatic rings. The molecule has 1 atom stereocenters. The van der Waals surface area contributed by atoms with E-state index in [1.54, 1.807) is 7.11 Å². The van der Waals surface area contributed by atoms with Gasteiger partial charge in [0.25, 0.3) is 0 Å². The van der Waals surface area contributed by atoms with E-state index >= 15 is 0 Å². The van der Waals surface area contributed by atoms with Gasteiger partial charge in [-0.25, -0.2) is 8.78 Å². The van der Waals surface area contributed by atoms with Crippen LogP contribution in [0.5, 0.6) is 5.75 Å². The maximum atomic E-state index is 13.5. The Morgan fingerprint density at radius 3 is 2.48 bits per heavy atom. The van der Waals surface area contributed by atoms with E-state index in [1.807, 2.05) is 31.2 Å². The van der Waals surface area contributed by atoms with Crippen molar-refractivity contribution in [1.29, 1.82) is 0 Å². The summed E-state index contributed by atoms with van der Waals surface area (Å²) in [4.78, 5) is 0. The lowest BCUT2D eigenvalue weighted by atomic mass is 10.1. The molecule has 0 aliphatic heterocycles. The van der Waals surface area contributed by atoms with Gasteiger partial charge in [-0.1, -0.05) is 12.1 Å². The first kappa shape index (κ1) is 15.4. The molecule has 0 saturated carbocycles. The van der Waals surface area contributed by atoms with Gasteiger partial charge in [0.1, 0.15) is 17.4 Å². The van der Waals surface area contributed by atoms with E-state index in [0.29, 0.717) is 12.1 Å². The molecule has 1 unspecified atom stereocenters. The molecule has 0 aromatic heterocycles. The average molecular weight is 291 g/mol. The lowest BCUT2D eigenvalue weighted by Crippen LogP contribution is -2.28. The molecule has 0 heterocycles. The first-order valence-electron chi connectivity index (χ1n) is 6.88. The summed E-state index contributed by atoms with van der Waals surface area (Å²) in [6.45, 7) is 2.32. The first-order chi connectivity index (χ1) is 10.1. The highest BCUT2D eigenvalue weighted by atomic mass is 19.1. The maximum absolute atomic E-state index is 13.5. The maximum Gasteiger partial charge on any atom is 0.127 e. The number of rotatable bonds is 6. The minimum atomic E-state index is -0.420. The zero-order valence-electron chi connectivity index (χ0n) is 12.2. The van der Waals surface area contributed by atoms with Crippen molar-refractivity contribution in [2.45, 2.75) is 25.9 Å². The first-order valence-corrected chi connectivity index (χ1v) is 6.88. The predicted molar refractivity (Wildman–Crippen MR) is 79.4 cm³/mol. The molecule has 0 saturated heterocycles. The van der Waals surface area contributed by atoms with E-state index in [4.69, 9.17) is 4.74 Å². The summed E-state index contributed by atoms with van der Waals surface area (Å²) in [6.07, 6.45) is 0.806. The van der Waals surface area contributed by atoms with Crippen molar-refractivity contribution in [3.63, 3.8) is 0 Å². The van der Waals surface area contributed by atoms with Crippen LogP contribution < -0.4 is 10.1 Å². The Morgan fingerprint density at radius 2 is 1.81 bits per heavy atom. The number of hydrogen-bond acceptors (Lipinski definition) is 2. The van der Waals surface area contributed by atoms with Crippen molar-refractivity contribution in [2.24, 2.45) is 0 Å². The molecule has 0 amide bonds. The summed E-state index contributed by atoms with van der Waals surface area (Å²) in [5.74, 6) is 0.0118. The quantitative estimate of drug-likeness (QED) is 0.876. The summed E-state index contributed by atoms with van der Waals surface area (Å²) >= 11 is 0. The second-order valence-electron chi connectivity index (χ2n) is 5.07. The highest BCUT2D eigenvalue weighted by Gasteiger charge is 2.07. The van der Waals surface area contributed by atoms with Gasteiger partial charge in [0.05, 0.1) is 7.11 Å². The molecular formula is C17H19F2NO. The fourth-order valence-electron chi connectivity index (χ4n) is 2.15. The van der Waals surface area contributed by atoms with E-state index < -0.39 is 5.82 Å². The Kier molecular flexibility index (Phi) is 5.28. The van der Waals surface area contributed by atoms with Gasteiger partial charge in [0.15, 0.2) is 0 Å². The standard InChI is InChI=1S/C17H19F2NO/c1-12(9-13-3-6-16(21-2)7-4-13)20-11-14-10-15(18)5-8-17(14)19/h3-8,10,12,20H,9,11H2,1-2H3.